The fraction of sp³-hybridized carbons (Fsp3) is 0.294. The molecule has 0 unspecified atom stereocenters. The number of likely N-dealkylation sites (N-methyl/N-ethyl adjacent to an activating group) is 1. The number of thiazole rings is 1. The molecule has 1 saturated heterocycles. The second-order valence-corrected chi connectivity index (χ2v) is 7.41. The van der Waals surface area contributed by atoms with Gasteiger partial charge in [0.05, 0.1) is 16.3 Å². The maximum Gasteiger partial charge on any atom is 0.203 e. The van der Waals surface area contributed by atoms with E-state index in [4.69, 9.17) is 4.98 Å². The molecule has 3 aromatic heterocycles. The van der Waals surface area contributed by atoms with Crippen molar-refractivity contribution in [2.24, 2.45) is 0 Å². The summed E-state index contributed by atoms with van der Waals surface area (Å²) < 4.78 is 3.14. The molecule has 1 aliphatic rings. The maximum atomic E-state index is 4.84. The highest BCUT2D eigenvalue weighted by Gasteiger charge is 2.33. The van der Waals surface area contributed by atoms with Crippen LogP contribution in [0.25, 0.3) is 15.9 Å². The van der Waals surface area contributed by atoms with Gasteiger partial charge in [-0.3, -0.25) is 4.40 Å². The van der Waals surface area contributed by atoms with Crippen LogP contribution in [0.2, 0.25) is 0 Å². The Morgan fingerprint density at radius 2 is 2.16 bits per heavy atom. The van der Waals surface area contributed by atoms with Crippen molar-refractivity contribution in [3.63, 3.8) is 0 Å². The second kappa shape index (κ2) is 5.38. The molecule has 0 aliphatic carbocycles. The molecule has 8 heteroatoms. The molecule has 4 heterocycles. The summed E-state index contributed by atoms with van der Waals surface area (Å²) in [6.45, 7) is 3.93. The molecule has 5 rings (SSSR count). The predicted molar refractivity (Wildman–Crippen MR) is 99.5 cm³/mol. The van der Waals surface area contributed by atoms with Crippen LogP contribution in [-0.2, 0) is 0 Å². The van der Waals surface area contributed by atoms with Crippen molar-refractivity contribution in [1.29, 1.82) is 0 Å². The smallest absolute Gasteiger partial charge is 0.203 e. The minimum absolute atomic E-state index is 0.422. The number of anilines is 2. The lowest BCUT2D eigenvalue weighted by Crippen LogP contribution is -2.59. The van der Waals surface area contributed by atoms with Crippen LogP contribution >= 0.6 is 11.3 Å². The second-order valence-electron chi connectivity index (χ2n) is 6.40. The van der Waals surface area contributed by atoms with Gasteiger partial charge in [0.25, 0.3) is 0 Å². The number of rotatable bonds is 3. The highest BCUT2D eigenvalue weighted by molar-refractivity contribution is 7.22. The minimum atomic E-state index is 0.422. The van der Waals surface area contributed by atoms with Crippen LogP contribution in [0.15, 0.2) is 36.9 Å². The average molecular weight is 351 g/mol. The SMILES string of the molecule is Cc1cccc2sc(N(C)C3CN(c4nccn5cnnc45)C3)nc12. The van der Waals surface area contributed by atoms with Crippen molar-refractivity contribution in [3.05, 3.63) is 42.5 Å². The van der Waals surface area contributed by atoms with Crippen molar-refractivity contribution in [1.82, 2.24) is 24.6 Å². The number of hydrogen-bond donors (Lipinski definition) is 0. The first-order chi connectivity index (χ1) is 12.2. The molecule has 0 atom stereocenters. The van der Waals surface area contributed by atoms with E-state index >= 15 is 0 Å². The molecule has 126 valence electrons. The molecule has 0 bridgehead atoms. The van der Waals surface area contributed by atoms with Crippen molar-refractivity contribution >= 4 is 38.2 Å². The quantitative estimate of drug-likeness (QED) is 0.565. The molecule has 7 nitrogen and oxygen atoms in total. The zero-order valence-electron chi connectivity index (χ0n) is 14.0. The number of benzene rings is 1. The Kier molecular flexibility index (Phi) is 3.14. The van der Waals surface area contributed by atoms with Gasteiger partial charge in [-0.15, -0.1) is 10.2 Å². The van der Waals surface area contributed by atoms with Crippen LogP contribution in [0.1, 0.15) is 5.56 Å². The number of fused-ring (bicyclic) bond motifs is 2. The summed E-state index contributed by atoms with van der Waals surface area (Å²) in [5.41, 5.74) is 3.14. The van der Waals surface area contributed by atoms with E-state index in [0.717, 1.165) is 35.2 Å². The van der Waals surface area contributed by atoms with Gasteiger partial charge in [-0.2, -0.15) is 0 Å². The van der Waals surface area contributed by atoms with Crippen LogP contribution < -0.4 is 9.80 Å². The van der Waals surface area contributed by atoms with Crippen molar-refractivity contribution in [2.45, 2.75) is 13.0 Å². The first-order valence-electron chi connectivity index (χ1n) is 8.19. The molecule has 1 fully saturated rings. The maximum absolute atomic E-state index is 4.84. The van der Waals surface area contributed by atoms with Crippen LogP contribution in [0.5, 0.6) is 0 Å². The third-order valence-corrected chi connectivity index (χ3v) is 5.93. The summed E-state index contributed by atoms with van der Waals surface area (Å²) in [7, 11) is 2.13. The van der Waals surface area contributed by atoms with E-state index in [1.165, 1.54) is 10.3 Å². The zero-order chi connectivity index (χ0) is 17.0. The standard InChI is InChI=1S/C17H17N7S/c1-11-4-3-5-13-14(11)20-17(25-13)22(2)12-8-24(9-12)15-16-21-19-10-23(16)7-6-18-15/h3-7,10,12H,8-9H2,1-2H3. The number of aryl methyl sites for hydroxylation is 1. The normalized spacial score (nSPS) is 15.0. The van der Waals surface area contributed by atoms with Gasteiger partial charge in [0, 0.05) is 32.5 Å². The Hall–Kier alpha value is -2.74. The molecule has 0 spiro atoms. The summed E-state index contributed by atoms with van der Waals surface area (Å²) in [5, 5.41) is 9.21. The Morgan fingerprint density at radius 1 is 1.28 bits per heavy atom. The van der Waals surface area contributed by atoms with Crippen LogP contribution in [0.4, 0.5) is 10.9 Å². The molecule has 1 aliphatic heterocycles. The minimum Gasteiger partial charge on any atom is -0.349 e. The number of para-hydroxylation sites is 1. The van der Waals surface area contributed by atoms with E-state index in [1.54, 1.807) is 23.9 Å². The first-order valence-corrected chi connectivity index (χ1v) is 9.00. The Balaban J connectivity index is 1.37. The lowest BCUT2D eigenvalue weighted by Gasteiger charge is -2.44. The summed E-state index contributed by atoms with van der Waals surface area (Å²) in [5.74, 6) is 0.893. The van der Waals surface area contributed by atoms with Gasteiger partial charge in [0.15, 0.2) is 10.9 Å². The number of hydrogen-bond acceptors (Lipinski definition) is 7. The number of aromatic nitrogens is 5. The van der Waals surface area contributed by atoms with Crippen LogP contribution in [0.3, 0.4) is 0 Å². The van der Waals surface area contributed by atoms with Gasteiger partial charge in [-0.1, -0.05) is 23.5 Å². The molecule has 0 saturated carbocycles. The van der Waals surface area contributed by atoms with Crippen molar-refractivity contribution < 1.29 is 0 Å². The highest BCUT2D eigenvalue weighted by Crippen LogP contribution is 2.33. The van der Waals surface area contributed by atoms with E-state index in [9.17, 15) is 0 Å². The topological polar surface area (TPSA) is 62.5 Å². The highest BCUT2D eigenvalue weighted by atomic mass is 32.1. The molecule has 0 N–H and O–H groups in total. The fourth-order valence-electron chi connectivity index (χ4n) is 3.22. The Morgan fingerprint density at radius 3 is 3.00 bits per heavy atom. The van der Waals surface area contributed by atoms with Crippen LogP contribution in [0, 0.1) is 6.92 Å². The molecule has 25 heavy (non-hydrogen) atoms. The van der Waals surface area contributed by atoms with Gasteiger partial charge < -0.3 is 9.80 Å². The average Bonchev–Trinajstić information content (AvgIpc) is 3.21. The van der Waals surface area contributed by atoms with E-state index in [0.29, 0.717) is 6.04 Å². The van der Waals surface area contributed by atoms with Gasteiger partial charge in [-0.25, -0.2) is 9.97 Å². The molecule has 1 aromatic carbocycles. The predicted octanol–water partition coefficient (Wildman–Crippen LogP) is 2.37. The third-order valence-electron chi connectivity index (χ3n) is 4.82. The third kappa shape index (κ3) is 2.25. The van der Waals surface area contributed by atoms with Gasteiger partial charge >= 0.3 is 0 Å². The Labute approximate surface area is 148 Å². The fourth-order valence-corrected chi connectivity index (χ4v) is 4.30. The number of nitrogens with zero attached hydrogens (tertiary/aromatic N) is 7. The molecular weight excluding hydrogens is 334 g/mol. The van der Waals surface area contributed by atoms with E-state index in [-0.39, 0.29) is 0 Å². The van der Waals surface area contributed by atoms with Gasteiger partial charge in [0.2, 0.25) is 5.65 Å². The summed E-state index contributed by atoms with van der Waals surface area (Å²) in [6, 6.07) is 6.77. The largest absolute Gasteiger partial charge is 0.349 e. The van der Waals surface area contributed by atoms with Gasteiger partial charge in [0.1, 0.15) is 6.33 Å². The summed E-state index contributed by atoms with van der Waals surface area (Å²) in [6.07, 6.45) is 5.36. The zero-order valence-corrected chi connectivity index (χ0v) is 14.8. The van der Waals surface area contributed by atoms with E-state index in [2.05, 4.69) is 57.2 Å². The first kappa shape index (κ1) is 14.6. The Bertz CT molecular complexity index is 1060. The lowest BCUT2D eigenvalue weighted by molar-refractivity contribution is 0.492. The van der Waals surface area contributed by atoms with Gasteiger partial charge in [-0.05, 0) is 18.6 Å². The summed E-state index contributed by atoms with van der Waals surface area (Å²) in [4.78, 5) is 13.8. The monoisotopic (exact) mass is 351 g/mol. The molecule has 0 radical (unpaired) electrons. The van der Waals surface area contributed by atoms with E-state index in [1.807, 2.05) is 10.6 Å². The molecule has 0 amide bonds. The molecule has 4 aromatic rings. The van der Waals surface area contributed by atoms with Crippen molar-refractivity contribution in [2.75, 3.05) is 29.9 Å². The van der Waals surface area contributed by atoms with Crippen molar-refractivity contribution in [3.8, 4) is 0 Å². The lowest BCUT2D eigenvalue weighted by atomic mass is 10.1. The van der Waals surface area contributed by atoms with E-state index < -0.39 is 0 Å². The summed E-state index contributed by atoms with van der Waals surface area (Å²) >= 11 is 1.75. The van der Waals surface area contributed by atoms with Crippen LogP contribution in [-0.4, -0.2) is 50.7 Å². The molecular formula is C17H17N7S.